The van der Waals surface area contributed by atoms with Crippen molar-refractivity contribution in [1.29, 1.82) is 5.26 Å². The van der Waals surface area contributed by atoms with Crippen molar-refractivity contribution >= 4 is 27.3 Å². The zero-order chi connectivity index (χ0) is 14.8. The van der Waals surface area contributed by atoms with Gasteiger partial charge < -0.3 is 5.32 Å². The molecule has 6 heteroatoms. The highest BCUT2D eigenvalue weighted by atomic mass is 79.9. The van der Waals surface area contributed by atoms with Gasteiger partial charge in [0, 0.05) is 10.2 Å². The number of hydrogen-bond acceptors (Lipinski definition) is 2. The number of anilines is 2. The van der Waals surface area contributed by atoms with Crippen molar-refractivity contribution in [1.82, 2.24) is 0 Å². The molecule has 0 aliphatic carbocycles. The lowest BCUT2D eigenvalue weighted by Crippen LogP contribution is -2.06. The van der Waals surface area contributed by atoms with Gasteiger partial charge in [-0.1, -0.05) is 15.9 Å². The fourth-order valence-corrected chi connectivity index (χ4v) is 1.88. The van der Waals surface area contributed by atoms with Gasteiger partial charge in [-0.3, -0.25) is 0 Å². The van der Waals surface area contributed by atoms with Crippen molar-refractivity contribution in [2.75, 3.05) is 5.32 Å². The van der Waals surface area contributed by atoms with Gasteiger partial charge in [-0.2, -0.15) is 18.4 Å². The molecule has 0 atom stereocenters. The predicted molar refractivity (Wildman–Crippen MR) is 73.6 cm³/mol. The molecule has 0 aromatic heterocycles. The van der Waals surface area contributed by atoms with Crippen molar-refractivity contribution in [2.45, 2.75) is 6.18 Å². The highest BCUT2D eigenvalue weighted by molar-refractivity contribution is 9.10. The second kappa shape index (κ2) is 5.55. The molecule has 2 aromatic carbocycles. The van der Waals surface area contributed by atoms with Crippen LogP contribution in [0.5, 0.6) is 0 Å². The number of alkyl halides is 3. The lowest BCUT2D eigenvalue weighted by atomic mass is 10.1. The number of hydrogen-bond donors (Lipinski definition) is 1. The van der Waals surface area contributed by atoms with E-state index in [1.165, 1.54) is 6.07 Å². The van der Waals surface area contributed by atoms with Gasteiger partial charge in [0.05, 0.1) is 16.8 Å². The predicted octanol–water partition coefficient (Wildman–Crippen LogP) is 5.08. The number of halogens is 4. The first-order valence-electron chi connectivity index (χ1n) is 5.54. The van der Waals surface area contributed by atoms with E-state index in [1.807, 2.05) is 0 Å². The first-order valence-corrected chi connectivity index (χ1v) is 6.33. The first-order chi connectivity index (χ1) is 9.40. The molecule has 0 saturated heterocycles. The summed E-state index contributed by atoms with van der Waals surface area (Å²) in [4.78, 5) is 0. The molecule has 2 nitrogen and oxygen atoms in total. The molecule has 1 N–H and O–H groups in total. The molecule has 0 aliphatic rings. The summed E-state index contributed by atoms with van der Waals surface area (Å²) in [5.41, 5.74) is 0.130. The summed E-state index contributed by atoms with van der Waals surface area (Å²) < 4.78 is 38.6. The van der Waals surface area contributed by atoms with E-state index in [0.717, 1.165) is 16.6 Å². The zero-order valence-electron chi connectivity index (χ0n) is 10.0. The molecule has 102 valence electrons. The lowest BCUT2D eigenvalue weighted by molar-refractivity contribution is -0.137. The monoisotopic (exact) mass is 340 g/mol. The van der Waals surface area contributed by atoms with Crippen LogP contribution in [-0.4, -0.2) is 0 Å². The fraction of sp³-hybridized carbons (Fsp3) is 0.0714. The third-order valence-corrected chi connectivity index (χ3v) is 3.12. The molecule has 0 saturated carbocycles. The molecule has 0 heterocycles. The fourth-order valence-electron chi connectivity index (χ4n) is 1.61. The van der Waals surface area contributed by atoms with Crippen LogP contribution in [0, 0.1) is 11.3 Å². The van der Waals surface area contributed by atoms with Crippen LogP contribution in [-0.2, 0) is 6.18 Å². The van der Waals surface area contributed by atoms with Gasteiger partial charge in [0.25, 0.3) is 0 Å². The summed E-state index contributed by atoms with van der Waals surface area (Å²) in [5.74, 6) is 0. The molecule has 0 amide bonds. The normalized spacial score (nSPS) is 10.9. The van der Waals surface area contributed by atoms with Gasteiger partial charge in [0.15, 0.2) is 0 Å². The van der Waals surface area contributed by atoms with Crippen molar-refractivity contribution in [3.05, 3.63) is 58.1 Å². The molecule has 2 rings (SSSR count). The van der Waals surface area contributed by atoms with E-state index in [9.17, 15) is 13.2 Å². The Labute approximate surface area is 122 Å². The van der Waals surface area contributed by atoms with Crippen LogP contribution in [0.15, 0.2) is 46.9 Å². The molecule has 0 radical (unpaired) electrons. The highest BCUT2D eigenvalue weighted by Gasteiger charge is 2.31. The molecule has 20 heavy (non-hydrogen) atoms. The summed E-state index contributed by atoms with van der Waals surface area (Å²) in [6.45, 7) is 0. The topological polar surface area (TPSA) is 35.8 Å². The minimum absolute atomic E-state index is 0.0530. The van der Waals surface area contributed by atoms with Crippen LogP contribution < -0.4 is 5.32 Å². The third-order valence-electron chi connectivity index (χ3n) is 2.59. The maximum Gasteiger partial charge on any atom is 0.416 e. The van der Waals surface area contributed by atoms with Gasteiger partial charge in [-0.15, -0.1) is 0 Å². The van der Waals surface area contributed by atoms with E-state index >= 15 is 0 Å². The molecule has 0 spiro atoms. The Hall–Kier alpha value is -2.00. The molecule has 0 unspecified atom stereocenters. The van der Waals surface area contributed by atoms with Gasteiger partial charge in [-0.05, 0) is 42.5 Å². The second-order valence-corrected chi connectivity index (χ2v) is 4.92. The van der Waals surface area contributed by atoms with E-state index < -0.39 is 11.7 Å². The Morgan fingerprint density at radius 1 is 1.05 bits per heavy atom. The number of benzene rings is 2. The minimum atomic E-state index is -4.46. The third kappa shape index (κ3) is 3.31. The van der Waals surface area contributed by atoms with E-state index in [-0.39, 0.29) is 5.56 Å². The summed E-state index contributed by atoms with van der Waals surface area (Å²) in [5, 5.41) is 11.9. The maximum atomic E-state index is 12.6. The van der Waals surface area contributed by atoms with Crippen LogP contribution in [0.2, 0.25) is 0 Å². The number of nitrogens with zero attached hydrogens (tertiary/aromatic N) is 1. The van der Waals surface area contributed by atoms with Gasteiger partial charge in [0.2, 0.25) is 0 Å². The Balaban J connectivity index is 2.33. The van der Waals surface area contributed by atoms with E-state index in [1.54, 1.807) is 30.3 Å². The van der Waals surface area contributed by atoms with Crippen LogP contribution >= 0.6 is 15.9 Å². The zero-order valence-corrected chi connectivity index (χ0v) is 11.6. The van der Waals surface area contributed by atoms with Crippen molar-refractivity contribution in [3.63, 3.8) is 0 Å². The Bertz CT molecular complexity index is 658. The second-order valence-electron chi connectivity index (χ2n) is 4.00. The highest BCUT2D eigenvalue weighted by Crippen LogP contribution is 2.32. The van der Waals surface area contributed by atoms with Gasteiger partial charge >= 0.3 is 6.18 Å². The van der Waals surface area contributed by atoms with E-state index in [4.69, 9.17) is 5.26 Å². The largest absolute Gasteiger partial charge is 0.416 e. The molecule has 0 fully saturated rings. The molecule has 0 aliphatic heterocycles. The summed E-state index contributed by atoms with van der Waals surface area (Å²) >= 11 is 3.29. The number of rotatable bonds is 2. The van der Waals surface area contributed by atoms with Crippen molar-refractivity contribution < 1.29 is 13.2 Å². The SMILES string of the molecule is N#Cc1cc(C(F)(F)F)ccc1Nc1ccc(Br)cc1. The lowest BCUT2D eigenvalue weighted by Gasteiger charge is -2.11. The number of nitriles is 1. The maximum absolute atomic E-state index is 12.6. The summed E-state index contributed by atoms with van der Waals surface area (Å²) in [7, 11) is 0. The first kappa shape index (κ1) is 14.4. The van der Waals surface area contributed by atoms with Crippen LogP contribution in [0.25, 0.3) is 0 Å². The molecule has 0 bridgehead atoms. The Kier molecular flexibility index (Phi) is 4.00. The molecular formula is C14H8BrF3N2. The van der Waals surface area contributed by atoms with Crippen molar-refractivity contribution in [3.8, 4) is 6.07 Å². The molecular weight excluding hydrogens is 333 g/mol. The molecule has 2 aromatic rings. The summed E-state index contributed by atoms with van der Waals surface area (Å²) in [6, 6.07) is 11.9. The quantitative estimate of drug-likeness (QED) is 0.827. The Morgan fingerprint density at radius 3 is 2.25 bits per heavy atom. The average Bonchev–Trinajstić information content (AvgIpc) is 2.40. The smallest absolute Gasteiger partial charge is 0.354 e. The van der Waals surface area contributed by atoms with Crippen molar-refractivity contribution in [2.24, 2.45) is 0 Å². The van der Waals surface area contributed by atoms with Crippen LogP contribution in [0.3, 0.4) is 0 Å². The Morgan fingerprint density at radius 2 is 1.70 bits per heavy atom. The van der Waals surface area contributed by atoms with Gasteiger partial charge in [0.1, 0.15) is 6.07 Å². The van der Waals surface area contributed by atoms with E-state index in [0.29, 0.717) is 11.4 Å². The number of nitrogens with one attached hydrogen (secondary N) is 1. The minimum Gasteiger partial charge on any atom is -0.354 e. The van der Waals surface area contributed by atoms with Crippen LogP contribution in [0.1, 0.15) is 11.1 Å². The summed E-state index contributed by atoms with van der Waals surface area (Å²) in [6.07, 6.45) is -4.46. The standard InChI is InChI=1S/C14H8BrF3N2/c15-11-2-4-12(5-3-11)20-13-6-1-10(14(16,17)18)7-9(13)8-19/h1-7,20H. The van der Waals surface area contributed by atoms with E-state index in [2.05, 4.69) is 21.2 Å². The van der Waals surface area contributed by atoms with Gasteiger partial charge in [-0.25, -0.2) is 0 Å². The average molecular weight is 341 g/mol. The van der Waals surface area contributed by atoms with Crippen LogP contribution in [0.4, 0.5) is 24.5 Å².